The molecule has 0 unspecified atom stereocenters. The summed E-state index contributed by atoms with van der Waals surface area (Å²) in [6.45, 7) is 2.10. The lowest BCUT2D eigenvalue weighted by atomic mass is 10.1. The molecule has 0 heterocycles. The Morgan fingerprint density at radius 2 is 1.69 bits per heavy atom. The average Bonchev–Trinajstić information content (AvgIpc) is 2.76. The second-order valence-electron chi connectivity index (χ2n) is 6.01. The predicted molar refractivity (Wildman–Crippen MR) is 110 cm³/mol. The van der Waals surface area contributed by atoms with Crippen molar-refractivity contribution in [1.82, 2.24) is 5.32 Å². The van der Waals surface area contributed by atoms with E-state index in [0.717, 1.165) is 11.1 Å². The Balaban J connectivity index is 2.25. The van der Waals surface area contributed by atoms with E-state index in [1.807, 2.05) is 19.1 Å². The van der Waals surface area contributed by atoms with Crippen molar-refractivity contribution >= 4 is 18.0 Å². The molecular weight excluding hydrogens is 374 g/mol. The summed E-state index contributed by atoms with van der Waals surface area (Å²) in [6.07, 6.45) is 3.69. The van der Waals surface area contributed by atoms with E-state index in [0.29, 0.717) is 28.4 Å². The van der Waals surface area contributed by atoms with Gasteiger partial charge in [-0.3, -0.25) is 4.79 Å². The standard InChI is InChI=1S/C22H25NO6/c1-6-7-15-11-16(12-19(27-3)20(15)28-4)21(24)23-13-14-8-9-18(26-2)17(10-14)22(25)29-5/h6-12H,13H2,1-5H3,(H,23,24)/b7-6+. The van der Waals surface area contributed by atoms with E-state index in [2.05, 4.69) is 5.32 Å². The molecule has 2 aromatic rings. The van der Waals surface area contributed by atoms with E-state index < -0.39 is 5.97 Å². The molecule has 0 bridgehead atoms. The molecule has 1 amide bonds. The van der Waals surface area contributed by atoms with Gasteiger partial charge in [-0.2, -0.15) is 0 Å². The highest BCUT2D eigenvalue weighted by Gasteiger charge is 2.16. The Morgan fingerprint density at radius 3 is 2.28 bits per heavy atom. The summed E-state index contributed by atoms with van der Waals surface area (Å²) >= 11 is 0. The maximum Gasteiger partial charge on any atom is 0.341 e. The Kier molecular flexibility index (Phi) is 7.65. The van der Waals surface area contributed by atoms with Crippen molar-refractivity contribution in [3.05, 3.63) is 58.7 Å². The summed E-state index contributed by atoms with van der Waals surface area (Å²) in [5, 5.41) is 2.84. The Bertz CT molecular complexity index is 920. The van der Waals surface area contributed by atoms with Gasteiger partial charge in [0.1, 0.15) is 11.3 Å². The molecule has 2 aromatic carbocycles. The summed E-state index contributed by atoms with van der Waals surface area (Å²) in [7, 11) is 5.84. The van der Waals surface area contributed by atoms with Gasteiger partial charge in [0.05, 0.1) is 28.4 Å². The number of carbonyl (C=O) groups is 2. The second-order valence-corrected chi connectivity index (χ2v) is 6.01. The third-order valence-electron chi connectivity index (χ3n) is 4.24. The van der Waals surface area contributed by atoms with Crippen molar-refractivity contribution in [2.45, 2.75) is 13.5 Å². The van der Waals surface area contributed by atoms with Gasteiger partial charge in [-0.05, 0) is 36.8 Å². The maximum absolute atomic E-state index is 12.7. The van der Waals surface area contributed by atoms with E-state index in [9.17, 15) is 9.59 Å². The van der Waals surface area contributed by atoms with Crippen LogP contribution in [0.5, 0.6) is 17.2 Å². The number of nitrogens with one attached hydrogen (secondary N) is 1. The molecule has 1 N–H and O–H groups in total. The minimum Gasteiger partial charge on any atom is -0.496 e. The van der Waals surface area contributed by atoms with Gasteiger partial charge < -0.3 is 24.3 Å². The van der Waals surface area contributed by atoms with E-state index in [-0.39, 0.29) is 12.5 Å². The van der Waals surface area contributed by atoms with Crippen molar-refractivity contribution in [1.29, 1.82) is 0 Å². The van der Waals surface area contributed by atoms with Crippen LogP contribution in [0.4, 0.5) is 0 Å². The van der Waals surface area contributed by atoms with E-state index in [1.165, 1.54) is 21.3 Å². The minimum absolute atomic E-state index is 0.222. The van der Waals surface area contributed by atoms with Crippen LogP contribution in [0.25, 0.3) is 6.08 Å². The van der Waals surface area contributed by atoms with E-state index in [1.54, 1.807) is 37.4 Å². The molecule has 7 nitrogen and oxygen atoms in total. The molecule has 0 aromatic heterocycles. The first kappa shape index (κ1) is 21.8. The van der Waals surface area contributed by atoms with Crippen LogP contribution in [0.15, 0.2) is 36.4 Å². The number of amides is 1. The zero-order valence-electron chi connectivity index (χ0n) is 17.2. The van der Waals surface area contributed by atoms with Crippen molar-refractivity contribution < 1.29 is 28.5 Å². The SMILES string of the molecule is C/C=C/c1cc(C(=O)NCc2ccc(OC)c(C(=O)OC)c2)cc(OC)c1OC. The Labute approximate surface area is 170 Å². The number of hydrogen-bond donors (Lipinski definition) is 1. The lowest BCUT2D eigenvalue weighted by Gasteiger charge is -2.14. The summed E-state index contributed by atoms with van der Waals surface area (Å²) in [6, 6.07) is 8.41. The lowest BCUT2D eigenvalue weighted by molar-refractivity contribution is 0.0597. The van der Waals surface area contributed by atoms with Gasteiger partial charge >= 0.3 is 5.97 Å². The molecule has 29 heavy (non-hydrogen) atoms. The quantitative estimate of drug-likeness (QED) is 0.685. The molecule has 0 saturated heterocycles. The molecule has 0 saturated carbocycles. The molecule has 0 aliphatic heterocycles. The fourth-order valence-electron chi connectivity index (χ4n) is 2.85. The third kappa shape index (κ3) is 5.07. The number of carbonyl (C=O) groups excluding carboxylic acids is 2. The van der Waals surface area contributed by atoms with Crippen molar-refractivity contribution in [2.75, 3.05) is 28.4 Å². The number of esters is 1. The van der Waals surface area contributed by atoms with E-state index >= 15 is 0 Å². The van der Waals surface area contributed by atoms with Gasteiger partial charge in [0.2, 0.25) is 0 Å². The van der Waals surface area contributed by atoms with Crippen LogP contribution >= 0.6 is 0 Å². The fourth-order valence-corrected chi connectivity index (χ4v) is 2.85. The number of methoxy groups -OCH3 is 4. The van der Waals surface area contributed by atoms with Gasteiger partial charge in [-0.15, -0.1) is 0 Å². The van der Waals surface area contributed by atoms with Crippen molar-refractivity contribution in [2.24, 2.45) is 0 Å². The highest BCUT2D eigenvalue weighted by atomic mass is 16.5. The van der Waals surface area contributed by atoms with Crippen molar-refractivity contribution in [3.63, 3.8) is 0 Å². The molecule has 0 aliphatic rings. The van der Waals surface area contributed by atoms with Crippen LogP contribution in [0.1, 0.15) is 38.8 Å². The van der Waals surface area contributed by atoms with Crippen LogP contribution in [-0.2, 0) is 11.3 Å². The second kappa shape index (κ2) is 10.2. The molecule has 0 spiro atoms. The lowest BCUT2D eigenvalue weighted by Crippen LogP contribution is -2.23. The summed E-state index contributed by atoms with van der Waals surface area (Å²) < 4.78 is 20.7. The van der Waals surface area contributed by atoms with Gasteiger partial charge in [0.15, 0.2) is 11.5 Å². The first-order valence-electron chi connectivity index (χ1n) is 8.91. The summed E-state index contributed by atoms with van der Waals surface area (Å²) in [5.41, 5.74) is 2.19. The number of rotatable bonds is 8. The smallest absolute Gasteiger partial charge is 0.341 e. The van der Waals surface area contributed by atoms with Crippen LogP contribution in [0, 0.1) is 0 Å². The maximum atomic E-state index is 12.7. The number of allylic oxidation sites excluding steroid dienone is 1. The zero-order chi connectivity index (χ0) is 21.4. The van der Waals surface area contributed by atoms with Crippen LogP contribution in [-0.4, -0.2) is 40.3 Å². The first-order valence-corrected chi connectivity index (χ1v) is 8.91. The molecular formula is C22H25NO6. The monoisotopic (exact) mass is 399 g/mol. The number of benzene rings is 2. The molecule has 0 fully saturated rings. The molecule has 0 atom stereocenters. The molecule has 0 radical (unpaired) electrons. The summed E-state index contributed by atoms with van der Waals surface area (Å²) in [5.74, 6) is 0.631. The highest BCUT2D eigenvalue weighted by molar-refractivity contribution is 5.96. The van der Waals surface area contributed by atoms with Gasteiger partial charge in [0.25, 0.3) is 5.91 Å². The van der Waals surface area contributed by atoms with Crippen molar-refractivity contribution in [3.8, 4) is 17.2 Å². The Hall–Kier alpha value is -3.48. The van der Waals surface area contributed by atoms with Gasteiger partial charge in [-0.25, -0.2) is 4.79 Å². The third-order valence-corrected chi connectivity index (χ3v) is 4.24. The van der Waals surface area contributed by atoms with E-state index in [4.69, 9.17) is 18.9 Å². The normalized spacial score (nSPS) is 10.5. The first-order chi connectivity index (χ1) is 14.0. The number of ether oxygens (including phenoxy) is 4. The van der Waals surface area contributed by atoms with Crippen LogP contribution in [0.3, 0.4) is 0 Å². The van der Waals surface area contributed by atoms with Crippen LogP contribution in [0.2, 0.25) is 0 Å². The predicted octanol–water partition coefficient (Wildman–Crippen LogP) is 3.46. The topological polar surface area (TPSA) is 83.1 Å². The number of hydrogen-bond acceptors (Lipinski definition) is 6. The summed E-state index contributed by atoms with van der Waals surface area (Å²) in [4.78, 5) is 24.6. The molecule has 0 aliphatic carbocycles. The molecule has 7 heteroatoms. The minimum atomic E-state index is -0.508. The largest absolute Gasteiger partial charge is 0.496 e. The highest BCUT2D eigenvalue weighted by Crippen LogP contribution is 2.33. The van der Waals surface area contributed by atoms with Gasteiger partial charge in [0, 0.05) is 17.7 Å². The zero-order valence-corrected chi connectivity index (χ0v) is 17.2. The average molecular weight is 399 g/mol. The fraction of sp³-hybridized carbons (Fsp3) is 0.273. The van der Waals surface area contributed by atoms with Gasteiger partial charge in [-0.1, -0.05) is 18.2 Å². The van der Waals surface area contributed by atoms with Crippen LogP contribution < -0.4 is 19.5 Å². The molecule has 154 valence electrons. The molecule has 2 rings (SSSR count). The Morgan fingerprint density at radius 1 is 0.966 bits per heavy atom.